The third-order valence-electron chi connectivity index (χ3n) is 2.81. The molecule has 1 N–H and O–H groups in total. The summed E-state index contributed by atoms with van der Waals surface area (Å²) in [5, 5.41) is 8.79. The molecular weight excluding hydrogens is 198 g/mol. The van der Waals surface area contributed by atoms with Crippen LogP contribution in [0.5, 0.6) is 0 Å². The highest BCUT2D eigenvalue weighted by atomic mass is 16.6. The van der Waals surface area contributed by atoms with Crippen molar-refractivity contribution in [2.45, 2.75) is 32.4 Å². The lowest BCUT2D eigenvalue weighted by molar-refractivity contribution is -0.138. The van der Waals surface area contributed by atoms with Crippen LogP contribution in [-0.2, 0) is 9.53 Å². The molecule has 1 heterocycles. The zero-order valence-corrected chi connectivity index (χ0v) is 9.06. The first-order chi connectivity index (χ1) is 6.81. The van der Waals surface area contributed by atoms with Gasteiger partial charge in [-0.05, 0) is 20.8 Å². The average molecular weight is 213 g/mol. The lowest BCUT2D eigenvalue weighted by atomic mass is 10.2. The summed E-state index contributed by atoms with van der Waals surface area (Å²) < 4.78 is 5.16. The molecule has 1 aliphatic heterocycles. The molecule has 2 rings (SSSR count). The van der Waals surface area contributed by atoms with Crippen LogP contribution in [0.15, 0.2) is 0 Å². The van der Waals surface area contributed by atoms with Crippen LogP contribution < -0.4 is 0 Å². The van der Waals surface area contributed by atoms with Crippen molar-refractivity contribution in [3.63, 3.8) is 0 Å². The van der Waals surface area contributed by atoms with Crippen molar-refractivity contribution in [1.29, 1.82) is 0 Å². The molecule has 1 aliphatic carbocycles. The van der Waals surface area contributed by atoms with Gasteiger partial charge in [0, 0.05) is 12.5 Å². The van der Waals surface area contributed by atoms with E-state index in [1.807, 2.05) is 0 Å². The summed E-state index contributed by atoms with van der Waals surface area (Å²) in [5.41, 5.74) is -0.518. The summed E-state index contributed by atoms with van der Waals surface area (Å²) in [5.74, 6) is -1.01. The van der Waals surface area contributed by atoms with Crippen LogP contribution in [0.25, 0.3) is 0 Å². The van der Waals surface area contributed by atoms with Gasteiger partial charge in [-0.3, -0.25) is 4.79 Å². The molecule has 0 spiro atoms. The first-order valence-corrected chi connectivity index (χ1v) is 5.04. The number of hydrogen-bond acceptors (Lipinski definition) is 3. The molecule has 0 aromatic rings. The number of carbonyl (C=O) groups is 2. The van der Waals surface area contributed by atoms with Crippen LogP contribution in [0.4, 0.5) is 4.79 Å². The number of amides is 1. The van der Waals surface area contributed by atoms with Crippen LogP contribution in [0, 0.1) is 11.8 Å². The first kappa shape index (κ1) is 10.3. The second-order valence-electron chi connectivity index (χ2n) is 5.15. The average Bonchev–Trinajstić information content (AvgIpc) is 2.50. The number of nitrogens with zero attached hydrogens (tertiary/aromatic N) is 1. The lowest BCUT2D eigenvalue weighted by Crippen LogP contribution is -2.46. The smallest absolute Gasteiger partial charge is 0.410 e. The molecule has 0 bridgehead atoms. The Kier molecular flexibility index (Phi) is 1.96. The Balaban J connectivity index is 1.89. The third-order valence-corrected chi connectivity index (χ3v) is 2.81. The largest absolute Gasteiger partial charge is 0.481 e. The predicted octanol–water partition coefficient (Wildman–Crippen LogP) is 0.936. The highest BCUT2D eigenvalue weighted by molar-refractivity contribution is 5.81. The van der Waals surface area contributed by atoms with Crippen molar-refractivity contribution in [2.75, 3.05) is 6.54 Å². The molecule has 2 aliphatic rings. The molecule has 15 heavy (non-hydrogen) atoms. The highest BCUT2D eigenvalue weighted by Crippen LogP contribution is 2.52. The quantitative estimate of drug-likeness (QED) is 0.703. The Morgan fingerprint density at radius 1 is 1.40 bits per heavy atom. The summed E-state index contributed by atoms with van der Waals surface area (Å²) >= 11 is 0. The van der Waals surface area contributed by atoms with Crippen molar-refractivity contribution < 1.29 is 19.4 Å². The van der Waals surface area contributed by atoms with Gasteiger partial charge in [-0.1, -0.05) is 0 Å². The fourth-order valence-corrected chi connectivity index (χ4v) is 2.06. The minimum atomic E-state index is -0.809. The van der Waals surface area contributed by atoms with Gasteiger partial charge in [0.1, 0.15) is 5.60 Å². The van der Waals surface area contributed by atoms with Crippen molar-refractivity contribution in [3.8, 4) is 0 Å². The molecular formula is C10H15NO4. The van der Waals surface area contributed by atoms with E-state index in [-0.39, 0.29) is 17.9 Å². The van der Waals surface area contributed by atoms with Gasteiger partial charge in [0.2, 0.25) is 0 Å². The number of carboxylic acid groups (broad SMARTS) is 1. The van der Waals surface area contributed by atoms with E-state index in [2.05, 4.69) is 0 Å². The molecule has 1 saturated heterocycles. The van der Waals surface area contributed by atoms with Gasteiger partial charge < -0.3 is 14.7 Å². The summed E-state index contributed by atoms with van der Waals surface area (Å²) in [6, 6.07) is -0.114. The predicted molar refractivity (Wildman–Crippen MR) is 51.3 cm³/mol. The lowest BCUT2D eigenvalue weighted by Gasteiger charge is -2.32. The number of carboxylic acids is 1. The van der Waals surface area contributed by atoms with Crippen LogP contribution in [0.1, 0.15) is 20.8 Å². The minimum absolute atomic E-state index is 0.114. The van der Waals surface area contributed by atoms with E-state index in [4.69, 9.17) is 9.84 Å². The van der Waals surface area contributed by atoms with Gasteiger partial charge >= 0.3 is 12.1 Å². The summed E-state index contributed by atoms with van der Waals surface area (Å²) in [7, 11) is 0. The monoisotopic (exact) mass is 213 g/mol. The fraction of sp³-hybridized carbons (Fsp3) is 0.800. The molecule has 5 heteroatoms. The zero-order chi connectivity index (χ0) is 11.4. The second kappa shape index (κ2) is 2.87. The molecule has 2 fully saturated rings. The van der Waals surface area contributed by atoms with Gasteiger partial charge in [0.05, 0.1) is 12.0 Å². The van der Waals surface area contributed by atoms with E-state index in [1.165, 1.54) is 4.90 Å². The Bertz CT molecular complexity index is 320. The van der Waals surface area contributed by atoms with Crippen molar-refractivity contribution in [1.82, 2.24) is 4.90 Å². The molecule has 0 radical (unpaired) electrons. The topological polar surface area (TPSA) is 66.8 Å². The van der Waals surface area contributed by atoms with Gasteiger partial charge in [-0.2, -0.15) is 0 Å². The maximum atomic E-state index is 11.6. The van der Waals surface area contributed by atoms with Crippen molar-refractivity contribution in [3.05, 3.63) is 0 Å². The maximum Gasteiger partial charge on any atom is 0.410 e. The number of rotatable bonds is 1. The van der Waals surface area contributed by atoms with E-state index >= 15 is 0 Å². The van der Waals surface area contributed by atoms with Crippen molar-refractivity contribution in [2.24, 2.45) is 11.8 Å². The zero-order valence-electron chi connectivity index (χ0n) is 9.06. The first-order valence-electron chi connectivity index (χ1n) is 5.04. The molecule has 0 aromatic carbocycles. The number of carbonyl (C=O) groups excluding carboxylic acids is 1. The van der Waals surface area contributed by atoms with E-state index in [0.29, 0.717) is 6.54 Å². The van der Waals surface area contributed by atoms with Gasteiger partial charge in [-0.25, -0.2) is 4.79 Å². The normalized spacial score (nSPS) is 32.7. The number of ether oxygens (including phenoxy) is 1. The summed E-state index contributed by atoms with van der Waals surface area (Å²) in [6.07, 6.45) is -0.396. The number of likely N-dealkylation sites (tertiary alicyclic amines) is 1. The Morgan fingerprint density at radius 3 is 2.40 bits per heavy atom. The molecule has 5 nitrogen and oxygen atoms in total. The summed E-state index contributed by atoms with van der Waals surface area (Å²) in [6.45, 7) is 5.91. The maximum absolute atomic E-state index is 11.6. The van der Waals surface area contributed by atoms with E-state index in [1.54, 1.807) is 20.8 Å². The minimum Gasteiger partial charge on any atom is -0.481 e. The summed E-state index contributed by atoms with van der Waals surface area (Å²) in [4.78, 5) is 23.8. The van der Waals surface area contributed by atoms with Crippen molar-refractivity contribution >= 4 is 12.1 Å². The molecule has 1 saturated carbocycles. The van der Waals surface area contributed by atoms with Crippen LogP contribution in [0.2, 0.25) is 0 Å². The Hall–Kier alpha value is -1.26. The van der Waals surface area contributed by atoms with Crippen LogP contribution in [-0.4, -0.2) is 40.3 Å². The van der Waals surface area contributed by atoms with Crippen LogP contribution >= 0.6 is 0 Å². The van der Waals surface area contributed by atoms with E-state index < -0.39 is 17.7 Å². The molecule has 3 atom stereocenters. The van der Waals surface area contributed by atoms with Crippen LogP contribution in [0.3, 0.4) is 0 Å². The standard InChI is InChI=1S/C10H15NO4/c1-10(2,3)15-9(14)11-4-5-6(7(5)11)8(12)13/h5-7H,4H2,1-3H3,(H,12,13)/t5-,6-,7+/m0/s1. The Labute approximate surface area is 88.0 Å². The number of hydrogen-bond donors (Lipinski definition) is 1. The molecule has 0 unspecified atom stereocenters. The number of aliphatic carboxylic acids is 1. The number of fused-ring (bicyclic) bond motifs is 1. The third kappa shape index (κ3) is 1.66. The van der Waals surface area contributed by atoms with Gasteiger partial charge in [-0.15, -0.1) is 0 Å². The molecule has 0 aromatic heterocycles. The second-order valence-corrected chi connectivity index (χ2v) is 5.15. The Morgan fingerprint density at radius 2 is 2.00 bits per heavy atom. The molecule has 84 valence electrons. The van der Waals surface area contributed by atoms with E-state index in [0.717, 1.165) is 0 Å². The van der Waals surface area contributed by atoms with Gasteiger partial charge in [0.25, 0.3) is 0 Å². The highest BCUT2D eigenvalue weighted by Gasteiger charge is 2.68. The SMILES string of the molecule is CC(C)(C)OC(=O)N1C[C@H]2[C@H](C(=O)O)[C@@H]21. The fourth-order valence-electron chi connectivity index (χ4n) is 2.06. The molecule has 1 amide bonds. The van der Waals surface area contributed by atoms with Gasteiger partial charge in [0.15, 0.2) is 0 Å². The van der Waals surface area contributed by atoms with E-state index in [9.17, 15) is 9.59 Å².